The molecule has 0 saturated heterocycles. The zero-order valence-corrected chi connectivity index (χ0v) is 9.88. The van der Waals surface area contributed by atoms with E-state index in [4.69, 9.17) is 15.2 Å². The molecule has 90 valence electrons. The van der Waals surface area contributed by atoms with Gasteiger partial charge in [-0.25, -0.2) is 0 Å². The fourth-order valence-electron chi connectivity index (χ4n) is 1.71. The van der Waals surface area contributed by atoms with Gasteiger partial charge >= 0.3 is 0 Å². The fourth-order valence-corrected chi connectivity index (χ4v) is 1.71. The van der Waals surface area contributed by atoms with Crippen LogP contribution < -0.4 is 15.2 Å². The van der Waals surface area contributed by atoms with Crippen molar-refractivity contribution in [3.8, 4) is 17.3 Å². The van der Waals surface area contributed by atoms with Gasteiger partial charge in [0, 0.05) is 12.1 Å². The highest BCUT2D eigenvalue weighted by Crippen LogP contribution is 2.28. The Kier molecular flexibility index (Phi) is 3.30. The van der Waals surface area contributed by atoms with Gasteiger partial charge in [0.1, 0.15) is 11.4 Å². The van der Waals surface area contributed by atoms with Crippen LogP contribution in [0.25, 0.3) is 5.69 Å². The van der Waals surface area contributed by atoms with Crippen LogP contribution in [0.3, 0.4) is 0 Å². The largest absolute Gasteiger partial charge is 0.494 e. The Hall–Kier alpha value is -2.01. The molecule has 0 bridgehead atoms. The number of nitrogens with two attached hydrogens (primary N) is 1. The summed E-state index contributed by atoms with van der Waals surface area (Å²) >= 11 is 0. The van der Waals surface area contributed by atoms with E-state index in [-0.39, 0.29) is 0 Å². The molecule has 0 radical (unpaired) electrons. The third-order valence-electron chi connectivity index (χ3n) is 2.52. The van der Waals surface area contributed by atoms with E-state index >= 15 is 0 Å². The quantitative estimate of drug-likeness (QED) is 0.865. The van der Waals surface area contributed by atoms with Crippen molar-refractivity contribution in [2.24, 2.45) is 5.73 Å². The number of benzene rings is 1. The number of methoxy groups -OCH3 is 2. The van der Waals surface area contributed by atoms with Gasteiger partial charge in [0.2, 0.25) is 5.88 Å². The molecule has 5 heteroatoms. The van der Waals surface area contributed by atoms with Crippen LogP contribution in [0, 0.1) is 0 Å². The summed E-state index contributed by atoms with van der Waals surface area (Å²) in [6.45, 7) is 0.387. The summed E-state index contributed by atoms with van der Waals surface area (Å²) in [4.78, 5) is 0. The summed E-state index contributed by atoms with van der Waals surface area (Å²) in [7, 11) is 3.22. The van der Waals surface area contributed by atoms with Gasteiger partial charge in [-0.3, -0.25) is 0 Å². The first-order chi connectivity index (χ1) is 8.31. The maximum Gasteiger partial charge on any atom is 0.221 e. The molecule has 1 heterocycles. The van der Waals surface area contributed by atoms with Crippen LogP contribution in [0.1, 0.15) is 5.56 Å². The number of hydrogen-bond donors (Lipinski definition) is 1. The number of rotatable bonds is 4. The second-order valence-electron chi connectivity index (χ2n) is 3.47. The van der Waals surface area contributed by atoms with Crippen molar-refractivity contribution in [2.75, 3.05) is 14.2 Å². The van der Waals surface area contributed by atoms with Crippen molar-refractivity contribution >= 4 is 0 Å². The first-order valence-electron chi connectivity index (χ1n) is 5.26. The van der Waals surface area contributed by atoms with Crippen LogP contribution >= 0.6 is 0 Å². The monoisotopic (exact) mass is 233 g/mol. The molecule has 0 aliphatic carbocycles. The lowest BCUT2D eigenvalue weighted by atomic mass is 10.3. The minimum absolute atomic E-state index is 0.387. The molecule has 0 aliphatic rings. The normalized spacial score (nSPS) is 10.3. The maximum absolute atomic E-state index is 5.62. The molecule has 0 spiro atoms. The molecule has 1 aromatic heterocycles. The average molecular weight is 233 g/mol. The molecule has 0 aliphatic heterocycles. The van der Waals surface area contributed by atoms with E-state index in [0.717, 1.165) is 17.0 Å². The molecule has 2 aromatic rings. The van der Waals surface area contributed by atoms with Crippen molar-refractivity contribution in [1.29, 1.82) is 0 Å². The van der Waals surface area contributed by atoms with E-state index in [1.807, 2.05) is 24.3 Å². The van der Waals surface area contributed by atoms with Crippen LogP contribution in [0.4, 0.5) is 0 Å². The third kappa shape index (κ3) is 1.97. The molecule has 0 amide bonds. The number of aromatic nitrogens is 2. The number of hydrogen-bond acceptors (Lipinski definition) is 4. The summed E-state index contributed by atoms with van der Waals surface area (Å²) < 4.78 is 12.3. The van der Waals surface area contributed by atoms with Crippen LogP contribution in [-0.2, 0) is 6.54 Å². The molecule has 0 saturated carbocycles. The molecule has 5 nitrogen and oxygen atoms in total. The standard InChI is InChI=1S/C12H15N3O2/c1-16-11-6-4-3-5-10(11)15-12(17-2)9(7-13)8-14-15/h3-6,8H,7,13H2,1-2H3. The second kappa shape index (κ2) is 4.88. The van der Waals surface area contributed by atoms with Gasteiger partial charge in [-0.05, 0) is 12.1 Å². The molecule has 2 N–H and O–H groups in total. The van der Waals surface area contributed by atoms with Crippen molar-refractivity contribution in [3.63, 3.8) is 0 Å². The van der Waals surface area contributed by atoms with Gasteiger partial charge in [0.15, 0.2) is 0 Å². The summed E-state index contributed by atoms with van der Waals surface area (Å²) in [5.74, 6) is 1.37. The SMILES string of the molecule is COc1ccccc1-n1ncc(CN)c1OC. The Morgan fingerprint density at radius 2 is 2.00 bits per heavy atom. The van der Waals surface area contributed by atoms with E-state index in [1.165, 1.54) is 0 Å². The van der Waals surface area contributed by atoms with Crippen molar-refractivity contribution < 1.29 is 9.47 Å². The highest BCUT2D eigenvalue weighted by molar-refractivity contribution is 5.49. The predicted octanol–water partition coefficient (Wildman–Crippen LogP) is 1.35. The van der Waals surface area contributed by atoms with Gasteiger partial charge < -0.3 is 15.2 Å². The van der Waals surface area contributed by atoms with E-state index in [2.05, 4.69) is 5.10 Å². The van der Waals surface area contributed by atoms with E-state index in [1.54, 1.807) is 25.1 Å². The van der Waals surface area contributed by atoms with Crippen LogP contribution in [-0.4, -0.2) is 24.0 Å². The van der Waals surface area contributed by atoms with E-state index in [0.29, 0.717) is 12.4 Å². The predicted molar refractivity (Wildman–Crippen MR) is 64.6 cm³/mol. The zero-order chi connectivity index (χ0) is 12.3. The van der Waals surface area contributed by atoms with Gasteiger partial charge in [-0.1, -0.05) is 12.1 Å². The molecular weight excluding hydrogens is 218 g/mol. The van der Waals surface area contributed by atoms with Gasteiger partial charge in [-0.15, -0.1) is 0 Å². The molecule has 2 rings (SSSR count). The minimum Gasteiger partial charge on any atom is -0.494 e. The zero-order valence-electron chi connectivity index (χ0n) is 9.88. The van der Waals surface area contributed by atoms with Gasteiger partial charge in [0.05, 0.1) is 20.4 Å². The highest BCUT2D eigenvalue weighted by atomic mass is 16.5. The molecule has 1 aromatic carbocycles. The van der Waals surface area contributed by atoms with Crippen molar-refractivity contribution in [1.82, 2.24) is 9.78 Å². The molecule has 0 unspecified atom stereocenters. The van der Waals surface area contributed by atoms with E-state index < -0.39 is 0 Å². The van der Waals surface area contributed by atoms with Crippen molar-refractivity contribution in [2.45, 2.75) is 6.54 Å². The molecule has 17 heavy (non-hydrogen) atoms. The molecule has 0 atom stereocenters. The number of ether oxygens (including phenoxy) is 2. The van der Waals surface area contributed by atoms with Gasteiger partial charge in [-0.2, -0.15) is 9.78 Å². The van der Waals surface area contributed by atoms with Crippen LogP contribution in [0.5, 0.6) is 11.6 Å². The Labute approximate surface area is 99.8 Å². The fraction of sp³-hybridized carbons (Fsp3) is 0.250. The van der Waals surface area contributed by atoms with E-state index in [9.17, 15) is 0 Å². The molecule has 0 fully saturated rings. The first kappa shape index (κ1) is 11.5. The lowest BCUT2D eigenvalue weighted by molar-refractivity contribution is 0.373. The van der Waals surface area contributed by atoms with Crippen LogP contribution in [0.2, 0.25) is 0 Å². The lowest BCUT2D eigenvalue weighted by Crippen LogP contribution is -2.04. The Morgan fingerprint density at radius 1 is 1.24 bits per heavy atom. The topological polar surface area (TPSA) is 62.3 Å². The van der Waals surface area contributed by atoms with Crippen LogP contribution in [0.15, 0.2) is 30.5 Å². The Bertz CT molecular complexity index is 508. The van der Waals surface area contributed by atoms with Crippen molar-refractivity contribution in [3.05, 3.63) is 36.0 Å². The maximum atomic E-state index is 5.62. The average Bonchev–Trinajstić information content (AvgIpc) is 2.81. The number of nitrogens with zero attached hydrogens (tertiary/aromatic N) is 2. The Morgan fingerprint density at radius 3 is 2.65 bits per heavy atom. The summed E-state index contributed by atoms with van der Waals surface area (Å²) in [5, 5.41) is 4.27. The highest BCUT2D eigenvalue weighted by Gasteiger charge is 2.14. The minimum atomic E-state index is 0.387. The van der Waals surface area contributed by atoms with Gasteiger partial charge in [0.25, 0.3) is 0 Å². The third-order valence-corrected chi connectivity index (χ3v) is 2.52. The lowest BCUT2D eigenvalue weighted by Gasteiger charge is -2.11. The second-order valence-corrected chi connectivity index (χ2v) is 3.47. The number of para-hydroxylation sites is 2. The first-order valence-corrected chi connectivity index (χ1v) is 5.26. The summed E-state index contributed by atoms with van der Waals surface area (Å²) in [6, 6.07) is 7.61. The Balaban J connectivity index is 2.56. The molecular formula is C12H15N3O2. The smallest absolute Gasteiger partial charge is 0.221 e. The summed E-state index contributed by atoms with van der Waals surface area (Å²) in [5.41, 5.74) is 7.31. The summed E-state index contributed by atoms with van der Waals surface area (Å²) in [6.07, 6.45) is 1.70.